The second-order valence-electron chi connectivity index (χ2n) is 9.24. The smallest absolute Gasteiger partial charge is 0.337 e. The van der Waals surface area contributed by atoms with Gasteiger partial charge in [-0.05, 0) is 25.9 Å². The third kappa shape index (κ3) is 18.9. The van der Waals surface area contributed by atoms with Crippen molar-refractivity contribution >= 4 is 8.56 Å². The molecule has 0 aromatic rings. The van der Waals surface area contributed by atoms with Crippen molar-refractivity contribution in [1.82, 2.24) is 0 Å². The first-order valence-electron chi connectivity index (χ1n) is 14.0. The van der Waals surface area contributed by atoms with Gasteiger partial charge < -0.3 is 8.85 Å². The summed E-state index contributed by atoms with van der Waals surface area (Å²) in [5.41, 5.74) is 0. The van der Waals surface area contributed by atoms with Crippen LogP contribution in [0.5, 0.6) is 0 Å². The van der Waals surface area contributed by atoms with E-state index in [0.29, 0.717) is 0 Å². The summed E-state index contributed by atoms with van der Waals surface area (Å²) >= 11 is 0. The van der Waals surface area contributed by atoms with Crippen molar-refractivity contribution in [3.05, 3.63) is 0 Å². The van der Waals surface area contributed by atoms with Crippen LogP contribution in [-0.4, -0.2) is 21.8 Å². The Morgan fingerprint density at radius 2 is 0.700 bits per heavy atom. The maximum absolute atomic E-state index is 6.07. The lowest BCUT2D eigenvalue weighted by atomic mass is 10.0. The molecule has 0 atom stereocenters. The van der Waals surface area contributed by atoms with E-state index in [1.807, 2.05) is 0 Å². The molecule has 0 amide bonds. The molecule has 0 spiro atoms. The summed E-state index contributed by atoms with van der Waals surface area (Å²) in [7, 11) is -1.88. The summed E-state index contributed by atoms with van der Waals surface area (Å²) in [6, 6.07) is 2.28. The molecular formula is C27H58O2Si. The van der Waals surface area contributed by atoms with E-state index < -0.39 is 8.56 Å². The van der Waals surface area contributed by atoms with Gasteiger partial charge in [0.2, 0.25) is 0 Å². The van der Waals surface area contributed by atoms with Crippen LogP contribution in [0.1, 0.15) is 150 Å². The third-order valence-corrected chi connectivity index (χ3v) is 10.3. The molecule has 0 saturated heterocycles. The quantitative estimate of drug-likeness (QED) is 0.103. The number of hydrogen-bond donors (Lipinski definition) is 0. The highest BCUT2D eigenvalue weighted by molar-refractivity contribution is 6.67. The largest absolute Gasteiger partial charge is 0.394 e. The van der Waals surface area contributed by atoms with Gasteiger partial charge >= 0.3 is 8.56 Å². The zero-order chi connectivity index (χ0) is 22.2. The summed E-state index contributed by atoms with van der Waals surface area (Å²) in [4.78, 5) is 0. The fraction of sp³-hybridized carbons (Fsp3) is 1.00. The molecule has 0 unspecified atom stereocenters. The Kier molecular flexibility index (Phi) is 23.9. The minimum atomic E-state index is -1.88. The molecule has 0 rings (SSSR count). The van der Waals surface area contributed by atoms with Gasteiger partial charge in [-0.2, -0.15) is 0 Å². The Balaban J connectivity index is 3.31. The SMILES string of the molecule is CCCCCCCCCCCCCCCCCCCCC[Si](CC)(OCC)OCC. The lowest BCUT2D eigenvalue weighted by Crippen LogP contribution is -2.41. The Hall–Kier alpha value is 0.137. The van der Waals surface area contributed by atoms with Gasteiger partial charge in [0.15, 0.2) is 0 Å². The average Bonchev–Trinajstić information content (AvgIpc) is 2.75. The van der Waals surface area contributed by atoms with Gasteiger partial charge in [0.1, 0.15) is 0 Å². The maximum Gasteiger partial charge on any atom is 0.337 e. The topological polar surface area (TPSA) is 18.5 Å². The highest BCUT2D eigenvalue weighted by atomic mass is 28.4. The maximum atomic E-state index is 6.07. The number of rotatable bonds is 25. The van der Waals surface area contributed by atoms with Crippen LogP contribution in [0.15, 0.2) is 0 Å². The predicted octanol–water partition coefficient (Wildman–Crippen LogP) is 9.95. The average molecular weight is 443 g/mol. The lowest BCUT2D eigenvalue weighted by molar-refractivity contribution is 0.182. The minimum Gasteiger partial charge on any atom is -0.394 e. The minimum absolute atomic E-state index is 0.805. The van der Waals surface area contributed by atoms with Crippen molar-refractivity contribution in [3.63, 3.8) is 0 Å². The molecule has 0 aliphatic carbocycles. The summed E-state index contributed by atoms with van der Waals surface area (Å²) in [6.07, 6.45) is 27.3. The van der Waals surface area contributed by atoms with Crippen molar-refractivity contribution in [2.45, 2.75) is 162 Å². The van der Waals surface area contributed by atoms with Crippen LogP contribution < -0.4 is 0 Å². The Bertz CT molecular complexity index is 316. The van der Waals surface area contributed by atoms with Crippen molar-refractivity contribution in [2.24, 2.45) is 0 Å². The molecule has 0 saturated carbocycles. The highest BCUT2D eigenvalue weighted by Crippen LogP contribution is 2.23. The monoisotopic (exact) mass is 442 g/mol. The predicted molar refractivity (Wildman–Crippen MR) is 138 cm³/mol. The second-order valence-corrected chi connectivity index (χ2v) is 12.9. The van der Waals surface area contributed by atoms with E-state index >= 15 is 0 Å². The standard InChI is InChI=1S/C27H58O2Si/c1-5-9-10-11-12-13-14-15-16-17-18-19-20-21-22-23-24-25-26-27-30(8-4,28-6-2)29-7-3/h5-27H2,1-4H3. The number of unbranched alkanes of at least 4 members (excludes halogenated alkanes) is 18. The first kappa shape index (κ1) is 30.1. The van der Waals surface area contributed by atoms with Crippen molar-refractivity contribution in [2.75, 3.05) is 13.2 Å². The highest BCUT2D eigenvalue weighted by Gasteiger charge is 2.33. The van der Waals surface area contributed by atoms with E-state index in [-0.39, 0.29) is 0 Å². The van der Waals surface area contributed by atoms with E-state index in [1.165, 1.54) is 128 Å². The van der Waals surface area contributed by atoms with Gasteiger partial charge in [0, 0.05) is 13.2 Å². The van der Waals surface area contributed by atoms with Crippen LogP contribution in [0.2, 0.25) is 12.1 Å². The van der Waals surface area contributed by atoms with Crippen LogP contribution >= 0.6 is 0 Å². The van der Waals surface area contributed by atoms with Gasteiger partial charge in [-0.1, -0.05) is 136 Å². The molecule has 0 aliphatic rings. The van der Waals surface area contributed by atoms with Crippen LogP contribution in [0, 0.1) is 0 Å². The molecular weight excluding hydrogens is 384 g/mol. The van der Waals surface area contributed by atoms with E-state index in [2.05, 4.69) is 27.7 Å². The van der Waals surface area contributed by atoms with E-state index in [1.54, 1.807) is 0 Å². The molecule has 0 radical (unpaired) electrons. The first-order valence-corrected chi connectivity index (χ1v) is 16.3. The van der Waals surface area contributed by atoms with Gasteiger partial charge in [-0.3, -0.25) is 0 Å². The van der Waals surface area contributed by atoms with Crippen LogP contribution in [0.25, 0.3) is 0 Å². The summed E-state index contributed by atoms with van der Waals surface area (Å²) < 4.78 is 12.1. The molecule has 0 bridgehead atoms. The zero-order valence-electron chi connectivity index (χ0n) is 21.6. The van der Waals surface area contributed by atoms with Crippen LogP contribution in [0.3, 0.4) is 0 Å². The number of hydrogen-bond acceptors (Lipinski definition) is 2. The lowest BCUT2D eigenvalue weighted by Gasteiger charge is -2.28. The molecule has 0 heterocycles. The molecule has 0 aromatic carbocycles. The summed E-state index contributed by atoms with van der Waals surface area (Å²) in [5, 5.41) is 0. The fourth-order valence-corrected chi connectivity index (χ4v) is 7.54. The fourth-order valence-electron chi connectivity index (χ4n) is 4.57. The molecule has 182 valence electrons. The molecule has 0 fully saturated rings. The van der Waals surface area contributed by atoms with Gasteiger partial charge in [-0.15, -0.1) is 0 Å². The van der Waals surface area contributed by atoms with Gasteiger partial charge in [0.25, 0.3) is 0 Å². The van der Waals surface area contributed by atoms with Crippen molar-refractivity contribution in [1.29, 1.82) is 0 Å². The Morgan fingerprint density at radius 1 is 0.400 bits per heavy atom. The third-order valence-electron chi connectivity index (χ3n) is 6.51. The van der Waals surface area contributed by atoms with Crippen LogP contribution in [0.4, 0.5) is 0 Å². The van der Waals surface area contributed by atoms with E-state index in [4.69, 9.17) is 8.85 Å². The zero-order valence-corrected chi connectivity index (χ0v) is 22.6. The summed E-state index contributed by atoms with van der Waals surface area (Å²) in [5.74, 6) is 0. The molecule has 2 nitrogen and oxygen atoms in total. The van der Waals surface area contributed by atoms with E-state index in [0.717, 1.165) is 19.3 Å². The first-order chi connectivity index (χ1) is 14.7. The Morgan fingerprint density at radius 3 is 0.967 bits per heavy atom. The Labute approximate surface area is 192 Å². The molecule has 0 aliphatic heterocycles. The molecule has 3 heteroatoms. The van der Waals surface area contributed by atoms with Crippen molar-refractivity contribution in [3.8, 4) is 0 Å². The normalized spacial score (nSPS) is 12.0. The summed E-state index contributed by atoms with van der Waals surface area (Å²) in [6.45, 7) is 10.4. The molecule has 30 heavy (non-hydrogen) atoms. The molecule has 0 aromatic heterocycles. The van der Waals surface area contributed by atoms with Gasteiger partial charge in [-0.25, -0.2) is 0 Å². The van der Waals surface area contributed by atoms with Crippen molar-refractivity contribution < 1.29 is 8.85 Å². The second kappa shape index (κ2) is 23.8. The van der Waals surface area contributed by atoms with Gasteiger partial charge in [0.05, 0.1) is 0 Å². The van der Waals surface area contributed by atoms with Crippen LogP contribution in [-0.2, 0) is 8.85 Å². The van der Waals surface area contributed by atoms with E-state index in [9.17, 15) is 0 Å². The molecule has 0 N–H and O–H groups in total.